The topological polar surface area (TPSA) is 54.4 Å². The van der Waals surface area contributed by atoms with Crippen molar-refractivity contribution in [2.75, 3.05) is 11.9 Å². The first-order chi connectivity index (χ1) is 9.06. The normalized spacial score (nSPS) is 11.2. The van der Waals surface area contributed by atoms with Crippen molar-refractivity contribution in [2.24, 2.45) is 0 Å². The molecule has 0 saturated heterocycles. The van der Waals surface area contributed by atoms with Crippen LogP contribution in [0.1, 0.15) is 30.9 Å². The van der Waals surface area contributed by atoms with Crippen LogP contribution in [-0.4, -0.2) is 18.1 Å². The molecule has 0 aliphatic heterocycles. The molecule has 0 aliphatic carbocycles. The van der Waals surface area contributed by atoms with Crippen molar-refractivity contribution in [3.8, 4) is 0 Å². The van der Waals surface area contributed by atoms with E-state index in [9.17, 15) is 0 Å². The first-order valence-electron chi connectivity index (χ1n) is 6.48. The Morgan fingerprint density at radius 3 is 2.79 bits per heavy atom. The maximum Gasteiger partial charge on any atom is 0.297 e. The second-order valence-corrected chi connectivity index (χ2v) is 5.02. The van der Waals surface area contributed by atoms with Crippen LogP contribution in [0.5, 0.6) is 0 Å². The van der Waals surface area contributed by atoms with E-state index in [1.165, 1.54) is 0 Å². The second-order valence-electron chi connectivity index (χ2n) is 5.02. The number of aryl methyl sites for hydroxylation is 1. The molecule has 0 saturated carbocycles. The molecule has 0 spiro atoms. The summed E-state index contributed by atoms with van der Waals surface area (Å²) in [5, 5.41) is 3.31. The van der Waals surface area contributed by atoms with Crippen molar-refractivity contribution in [1.29, 1.82) is 0 Å². The van der Waals surface area contributed by atoms with Crippen LogP contribution in [-0.2, 0) is 13.1 Å². The summed E-state index contributed by atoms with van der Waals surface area (Å²) in [5.74, 6) is 0.931. The Hall–Kier alpha value is -1.75. The van der Waals surface area contributed by atoms with E-state index in [1.807, 2.05) is 24.9 Å². The highest BCUT2D eigenvalue weighted by Crippen LogP contribution is 2.17. The van der Waals surface area contributed by atoms with Gasteiger partial charge in [-0.15, -0.1) is 0 Å². The average molecular weight is 263 g/mol. The zero-order valence-corrected chi connectivity index (χ0v) is 11.9. The van der Waals surface area contributed by atoms with Gasteiger partial charge in [-0.3, -0.25) is 0 Å². The summed E-state index contributed by atoms with van der Waals surface area (Å²) < 4.78 is 10.8. The fraction of sp³-hybridized carbons (Fsp3) is 0.500. The largest absolute Gasteiger partial charge is 0.469 e. The lowest BCUT2D eigenvalue weighted by Crippen LogP contribution is -2.22. The predicted octanol–water partition coefficient (Wildman–Crippen LogP) is 2.71. The van der Waals surface area contributed by atoms with Gasteiger partial charge >= 0.3 is 0 Å². The van der Waals surface area contributed by atoms with Gasteiger partial charge in [0, 0.05) is 25.2 Å². The minimum absolute atomic E-state index is 0.437. The number of nitrogens with zero attached hydrogens (tertiary/aromatic N) is 2. The molecule has 0 aliphatic rings. The molecule has 2 aromatic heterocycles. The molecule has 1 N–H and O–H groups in total. The lowest BCUT2D eigenvalue weighted by Gasteiger charge is -2.13. The number of oxazole rings is 1. The van der Waals surface area contributed by atoms with E-state index in [4.69, 9.17) is 8.83 Å². The Morgan fingerprint density at radius 2 is 2.16 bits per heavy atom. The summed E-state index contributed by atoms with van der Waals surface area (Å²) >= 11 is 0. The lowest BCUT2D eigenvalue weighted by atomic mass is 10.2. The molecule has 19 heavy (non-hydrogen) atoms. The fourth-order valence-electron chi connectivity index (χ4n) is 1.76. The standard InChI is InChI=1S/C14H21N3O2/c1-10(2)15-7-13-9-19-14(16-13)17(4)8-12-5-6-18-11(12)3/h5-6,9-10,15H,7-8H2,1-4H3. The molecule has 0 bridgehead atoms. The van der Waals surface area contributed by atoms with E-state index >= 15 is 0 Å². The molecule has 0 atom stereocenters. The van der Waals surface area contributed by atoms with Crippen LogP contribution in [0, 0.1) is 6.92 Å². The number of nitrogens with one attached hydrogen (secondary N) is 1. The summed E-state index contributed by atoms with van der Waals surface area (Å²) in [5.41, 5.74) is 2.06. The second kappa shape index (κ2) is 5.93. The molecule has 2 heterocycles. The number of furan rings is 1. The maximum absolute atomic E-state index is 5.49. The molecule has 0 unspecified atom stereocenters. The molecule has 0 aromatic carbocycles. The molecular formula is C14H21N3O2. The van der Waals surface area contributed by atoms with Crippen LogP contribution < -0.4 is 10.2 Å². The van der Waals surface area contributed by atoms with E-state index in [0.717, 1.165) is 30.1 Å². The first kappa shape index (κ1) is 13.7. The van der Waals surface area contributed by atoms with Crippen LogP contribution in [0.15, 0.2) is 27.4 Å². The van der Waals surface area contributed by atoms with Crippen LogP contribution in [0.2, 0.25) is 0 Å². The number of hydrogen-bond donors (Lipinski definition) is 1. The monoisotopic (exact) mass is 263 g/mol. The number of anilines is 1. The molecule has 2 aromatic rings. The smallest absolute Gasteiger partial charge is 0.297 e. The van der Waals surface area contributed by atoms with Crippen LogP contribution in [0.25, 0.3) is 0 Å². The fourth-order valence-corrected chi connectivity index (χ4v) is 1.76. The van der Waals surface area contributed by atoms with Gasteiger partial charge in [0.2, 0.25) is 0 Å². The van der Waals surface area contributed by atoms with Crippen molar-refractivity contribution in [3.63, 3.8) is 0 Å². The van der Waals surface area contributed by atoms with Crippen LogP contribution in [0.4, 0.5) is 6.01 Å². The van der Waals surface area contributed by atoms with E-state index in [-0.39, 0.29) is 0 Å². The molecule has 104 valence electrons. The Balaban J connectivity index is 1.96. The van der Waals surface area contributed by atoms with Crippen molar-refractivity contribution < 1.29 is 8.83 Å². The number of hydrogen-bond acceptors (Lipinski definition) is 5. The highest BCUT2D eigenvalue weighted by Gasteiger charge is 2.11. The quantitative estimate of drug-likeness (QED) is 0.868. The SMILES string of the molecule is Cc1occc1CN(C)c1nc(CNC(C)C)co1. The highest BCUT2D eigenvalue weighted by molar-refractivity contribution is 5.29. The zero-order valence-electron chi connectivity index (χ0n) is 11.9. The summed E-state index contributed by atoms with van der Waals surface area (Å²) in [7, 11) is 1.96. The minimum Gasteiger partial charge on any atom is -0.469 e. The number of rotatable bonds is 6. The third-order valence-corrected chi connectivity index (χ3v) is 2.93. The molecule has 2 rings (SSSR count). The Bertz CT molecular complexity index is 516. The molecule has 0 fully saturated rings. The summed E-state index contributed by atoms with van der Waals surface area (Å²) in [6, 6.07) is 3.03. The van der Waals surface area contributed by atoms with Gasteiger partial charge in [0.25, 0.3) is 6.01 Å². The van der Waals surface area contributed by atoms with Crippen molar-refractivity contribution in [1.82, 2.24) is 10.3 Å². The lowest BCUT2D eigenvalue weighted by molar-refractivity contribution is 0.523. The van der Waals surface area contributed by atoms with E-state index in [2.05, 4.69) is 24.1 Å². The minimum atomic E-state index is 0.437. The van der Waals surface area contributed by atoms with Crippen molar-refractivity contribution >= 4 is 6.01 Å². The third-order valence-electron chi connectivity index (χ3n) is 2.93. The van der Waals surface area contributed by atoms with Crippen molar-refractivity contribution in [3.05, 3.63) is 35.6 Å². The van der Waals surface area contributed by atoms with Gasteiger partial charge in [-0.2, -0.15) is 4.98 Å². The summed E-state index contributed by atoms with van der Waals surface area (Å²) in [6.45, 7) is 7.61. The molecule has 0 amide bonds. The Labute approximate surface area is 113 Å². The Morgan fingerprint density at radius 1 is 1.37 bits per heavy atom. The van der Waals surface area contributed by atoms with Gasteiger partial charge in [-0.1, -0.05) is 13.8 Å². The van der Waals surface area contributed by atoms with Gasteiger partial charge in [0.05, 0.1) is 18.5 Å². The Kier molecular flexibility index (Phi) is 4.27. The van der Waals surface area contributed by atoms with Gasteiger partial charge in [0.15, 0.2) is 0 Å². The average Bonchev–Trinajstić information content (AvgIpc) is 2.97. The van der Waals surface area contributed by atoms with Gasteiger partial charge in [-0.05, 0) is 13.0 Å². The predicted molar refractivity (Wildman–Crippen MR) is 74.0 cm³/mol. The highest BCUT2D eigenvalue weighted by atomic mass is 16.4. The maximum atomic E-state index is 5.49. The van der Waals surface area contributed by atoms with Gasteiger partial charge in [-0.25, -0.2) is 0 Å². The summed E-state index contributed by atoms with van der Waals surface area (Å²) in [6.07, 6.45) is 3.40. The van der Waals surface area contributed by atoms with Crippen LogP contribution in [0.3, 0.4) is 0 Å². The van der Waals surface area contributed by atoms with Gasteiger partial charge < -0.3 is 19.1 Å². The van der Waals surface area contributed by atoms with Crippen molar-refractivity contribution in [2.45, 2.75) is 39.9 Å². The number of aromatic nitrogens is 1. The first-order valence-corrected chi connectivity index (χ1v) is 6.48. The van der Waals surface area contributed by atoms with Gasteiger partial charge in [0.1, 0.15) is 12.0 Å². The molecular weight excluding hydrogens is 242 g/mol. The molecule has 5 heteroatoms. The zero-order chi connectivity index (χ0) is 13.8. The van der Waals surface area contributed by atoms with Crippen LogP contribution >= 0.6 is 0 Å². The summed E-state index contributed by atoms with van der Waals surface area (Å²) in [4.78, 5) is 6.43. The van der Waals surface area contributed by atoms with E-state index < -0.39 is 0 Å². The third kappa shape index (κ3) is 3.61. The molecule has 5 nitrogen and oxygen atoms in total. The van der Waals surface area contributed by atoms with E-state index in [1.54, 1.807) is 12.5 Å². The van der Waals surface area contributed by atoms with E-state index in [0.29, 0.717) is 12.1 Å². The molecule has 0 radical (unpaired) electrons.